The van der Waals surface area contributed by atoms with Gasteiger partial charge < -0.3 is 15.2 Å². The van der Waals surface area contributed by atoms with Crippen LogP contribution in [-0.4, -0.2) is 30.5 Å². The second-order valence-electron chi connectivity index (χ2n) is 6.41. The molecular weight excluding hydrogens is 262 g/mol. The molecule has 0 aromatic heterocycles. The first-order valence-electron chi connectivity index (χ1n) is 7.98. The molecular formula is C18H31NO2. The molecule has 0 bridgehead atoms. The number of ether oxygens (including phenoxy) is 1. The predicted molar refractivity (Wildman–Crippen MR) is 88.5 cm³/mol. The van der Waals surface area contributed by atoms with E-state index in [0.29, 0.717) is 19.1 Å². The number of nitrogens with one attached hydrogen (secondary N) is 1. The third-order valence-electron chi connectivity index (χ3n) is 3.69. The molecule has 0 spiro atoms. The molecule has 2 N–H and O–H groups in total. The van der Waals surface area contributed by atoms with E-state index in [9.17, 15) is 5.11 Å². The summed E-state index contributed by atoms with van der Waals surface area (Å²) in [4.78, 5) is 0. The highest BCUT2D eigenvalue weighted by molar-refractivity contribution is 5.28. The van der Waals surface area contributed by atoms with Crippen LogP contribution >= 0.6 is 0 Å². The fourth-order valence-electron chi connectivity index (χ4n) is 2.56. The van der Waals surface area contributed by atoms with Crippen LogP contribution in [0.2, 0.25) is 0 Å². The number of rotatable bonds is 9. The molecule has 0 aliphatic heterocycles. The molecule has 1 aromatic carbocycles. The molecule has 0 amide bonds. The number of hydrogen-bond donors (Lipinski definition) is 2. The van der Waals surface area contributed by atoms with Crippen molar-refractivity contribution in [2.75, 3.05) is 13.2 Å². The van der Waals surface area contributed by atoms with Crippen molar-refractivity contribution in [3.63, 3.8) is 0 Å². The van der Waals surface area contributed by atoms with Gasteiger partial charge in [-0.25, -0.2) is 0 Å². The molecule has 0 saturated heterocycles. The quantitative estimate of drug-likeness (QED) is 0.732. The number of hydrogen-bond acceptors (Lipinski definition) is 3. The Morgan fingerprint density at radius 3 is 2.43 bits per heavy atom. The van der Waals surface area contributed by atoms with E-state index in [-0.39, 0.29) is 12.1 Å². The van der Waals surface area contributed by atoms with E-state index < -0.39 is 6.10 Å². The predicted octanol–water partition coefficient (Wildman–Crippen LogP) is 3.46. The van der Waals surface area contributed by atoms with Gasteiger partial charge in [0.15, 0.2) is 0 Å². The SMILES string of the molecule is Cc1ccccc1[C@@H](C)NCC(O)COC(C)CC(C)C. The Morgan fingerprint density at radius 1 is 1.14 bits per heavy atom. The van der Waals surface area contributed by atoms with Gasteiger partial charge in [0.1, 0.15) is 0 Å². The van der Waals surface area contributed by atoms with E-state index in [1.165, 1.54) is 11.1 Å². The lowest BCUT2D eigenvalue weighted by Crippen LogP contribution is -2.33. The van der Waals surface area contributed by atoms with E-state index >= 15 is 0 Å². The normalized spacial score (nSPS) is 16.0. The molecule has 1 aromatic rings. The lowest BCUT2D eigenvalue weighted by atomic mass is 10.0. The lowest BCUT2D eigenvalue weighted by molar-refractivity contribution is -0.00914. The van der Waals surface area contributed by atoms with Gasteiger partial charge in [0.25, 0.3) is 0 Å². The van der Waals surface area contributed by atoms with Crippen molar-refractivity contribution in [3.8, 4) is 0 Å². The molecule has 21 heavy (non-hydrogen) atoms. The van der Waals surface area contributed by atoms with Crippen LogP contribution in [0.4, 0.5) is 0 Å². The third-order valence-corrected chi connectivity index (χ3v) is 3.69. The van der Waals surface area contributed by atoms with Crippen molar-refractivity contribution in [3.05, 3.63) is 35.4 Å². The van der Waals surface area contributed by atoms with Crippen molar-refractivity contribution in [1.29, 1.82) is 0 Å². The van der Waals surface area contributed by atoms with Crippen LogP contribution in [0.25, 0.3) is 0 Å². The van der Waals surface area contributed by atoms with Crippen LogP contribution in [0.5, 0.6) is 0 Å². The summed E-state index contributed by atoms with van der Waals surface area (Å²) in [5, 5.41) is 13.4. The second-order valence-corrected chi connectivity index (χ2v) is 6.41. The van der Waals surface area contributed by atoms with E-state index in [1.807, 2.05) is 12.1 Å². The molecule has 3 atom stereocenters. The molecule has 0 aliphatic carbocycles. The Kier molecular flexibility index (Phi) is 7.94. The molecule has 0 radical (unpaired) electrons. The monoisotopic (exact) mass is 293 g/mol. The number of aliphatic hydroxyl groups excluding tert-OH is 1. The van der Waals surface area contributed by atoms with Crippen LogP contribution in [0.3, 0.4) is 0 Å². The molecule has 0 saturated carbocycles. The summed E-state index contributed by atoms with van der Waals surface area (Å²) < 4.78 is 5.69. The fraction of sp³-hybridized carbons (Fsp3) is 0.667. The maximum absolute atomic E-state index is 10.0. The van der Waals surface area contributed by atoms with Crippen molar-refractivity contribution in [2.24, 2.45) is 5.92 Å². The highest BCUT2D eigenvalue weighted by Gasteiger charge is 2.12. The van der Waals surface area contributed by atoms with E-state index in [1.54, 1.807) is 0 Å². The zero-order chi connectivity index (χ0) is 15.8. The highest BCUT2D eigenvalue weighted by atomic mass is 16.5. The van der Waals surface area contributed by atoms with Gasteiger partial charge in [-0.3, -0.25) is 0 Å². The number of benzene rings is 1. The molecule has 3 heteroatoms. The molecule has 0 heterocycles. The summed E-state index contributed by atoms with van der Waals surface area (Å²) >= 11 is 0. The van der Waals surface area contributed by atoms with Crippen molar-refractivity contribution < 1.29 is 9.84 Å². The van der Waals surface area contributed by atoms with Crippen LogP contribution in [-0.2, 0) is 4.74 Å². The topological polar surface area (TPSA) is 41.5 Å². The first-order valence-corrected chi connectivity index (χ1v) is 7.98. The molecule has 0 fully saturated rings. The van der Waals surface area contributed by atoms with Crippen LogP contribution in [0.1, 0.15) is 51.3 Å². The number of aliphatic hydroxyl groups is 1. The molecule has 3 nitrogen and oxygen atoms in total. The van der Waals surface area contributed by atoms with Crippen LogP contribution in [0, 0.1) is 12.8 Å². The minimum atomic E-state index is -0.467. The maximum Gasteiger partial charge on any atom is 0.0898 e. The van der Waals surface area contributed by atoms with Crippen molar-refractivity contribution in [2.45, 2.75) is 59.3 Å². The molecule has 120 valence electrons. The van der Waals surface area contributed by atoms with Gasteiger partial charge >= 0.3 is 0 Å². The Hall–Kier alpha value is -0.900. The summed E-state index contributed by atoms with van der Waals surface area (Å²) in [6, 6.07) is 8.56. The van der Waals surface area contributed by atoms with Gasteiger partial charge in [0, 0.05) is 12.6 Å². The summed E-state index contributed by atoms with van der Waals surface area (Å²) in [6.45, 7) is 11.6. The molecule has 1 rings (SSSR count). The van der Waals surface area contributed by atoms with Gasteiger partial charge in [0.05, 0.1) is 18.8 Å². The average molecular weight is 293 g/mol. The lowest BCUT2D eigenvalue weighted by Gasteiger charge is -2.21. The minimum Gasteiger partial charge on any atom is -0.389 e. The first kappa shape index (κ1) is 18.1. The van der Waals surface area contributed by atoms with E-state index in [2.05, 4.69) is 52.1 Å². The second kappa shape index (κ2) is 9.19. The molecule has 0 aliphatic rings. The Bertz CT molecular complexity index is 406. The zero-order valence-electron chi connectivity index (χ0n) is 14.1. The van der Waals surface area contributed by atoms with Crippen LogP contribution in [0.15, 0.2) is 24.3 Å². The smallest absolute Gasteiger partial charge is 0.0898 e. The van der Waals surface area contributed by atoms with Gasteiger partial charge in [-0.1, -0.05) is 38.1 Å². The number of aryl methyl sites for hydroxylation is 1. The van der Waals surface area contributed by atoms with Crippen molar-refractivity contribution in [1.82, 2.24) is 5.32 Å². The summed E-state index contributed by atoms with van der Waals surface area (Å²) in [5.41, 5.74) is 2.55. The van der Waals surface area contributed by atoms with Gasteiger partial charge in [-0.05, 0) is 44.2 Å². The Morgan fingerprint density at radius 2 is 1.81 bits per heavy atom. The first-order chi connectivity index (χ1) is 9.90. The maximum atomic E-state index is 10.0. The van der Waals surface area contributed by atoms with E-state index in [0.717, 1.165) is 6.42 Å². The Labute approximate surface area is 129 Å². The fourth-order valence-corrected chi connectivity index (χ4v) is 2.56. The largest absolute Gasteiger partial charge is 0.389 e. The summed E-state index contributed by atoms with van der Waals surface area (Å²) in [7, 11) is 0. The van der Waals surface area contributed by atoms with Crippen LogP contribution < -0.4 is 5.32 Å². The highest BCUT2D eigenvalue weighted by Crippen LogP contribution is 2.16. The van der Waals surface area contributed by atoms with Gasteiger partial charge in [-0.2, -0.15) is 0 Å². The average Bonchev–Trinajstić information content (AvgIpc) is 2.42. The van der Waals surface area contributed by atoms with Gasteiger partial charge in [-0.15, -0.1) is 0 Å². The minimum absolute atomic E-state index is 0.202. The standard InChI is InChI=1S/C18H31NO2/c1-13(2)10-15(4)21-12-17(20)11-19-16(5)18-9-7-6-8-14(18)3/h6-9,13,15-17,19-20H,10-12H2,1-5H3/t15?,16-,17?/m1/s1. The summed E-state index contributed by atoms with van der Waals surface area (Å²) in [6.07, 6.45) is 0.763. The molecule has 2 unspecified atom stereocenters. The summed E-state index contributed by atoms with van der Waals surface area (Å²) in [5.74, 6) is 0.622. The van der Waals surface area contributed by atoms with E-state index in [4.69, 9.17) is 4.74 Å². The van der Waals surface area contributed by atoms with Crippen molar-refractivity contribution >= 4 is 0 Å². The third kappa shape index (κ3) is 7.07. The Balaban J connectivity index is 2.29. The van der Waals surface area contributed by atoms with Gasteiger partial charge in [0.2, 0.25) is 0 Å². The zero-order valence-corrected chi connectivity index (χ0v) is 14.1.